The Balaban J connectivity index is 1.75. The van der Waals surface area contributed by atoms with Crippen molar-refractivity contribution in [3.05, 3.63) is 29.8 Å². The van der Waals surface area contributed by atoms with Gasteiger partial charge in [-0.25, -0.2) is 4.99 Å². The smallest absolute Gasteiger partial charge is 0.284 e. The molecule has 0 radical (unpaired) electrons. The predicted molar refractivity (Wildman–Crippen MR) is 60.8 cm³/mol. The summed E-state index contributed by atoms with van der Waals surface area (Å²) in [4.78, 5) is 4.14. The van der Waals surface area contributed by atoms with Gasteiger partial charge in [0.25, 0.3) is 6.02 Å². The molecule has 0 amide bonds. The molecule has 1 aromatic rings. The lowest BCUT2D eigenvalue weighted by atomic mass is 10.1. The first kappa shape index (κ1) is 9.83. The van der Waals surface area contributed by atoms with Gasteiger partial charge in [-0.1, -0.05) is 12.1 Å². The highest BCUT2D eigenvalue weighted by molar-refractivity contribution is 5.74. The number of nitrogen functional groups attached to an aromatic ring is 1. The van der Waals surface area contributed by atoms with Crippen LogP contribution in [0.5, 0.6) is 0 Å². The second-order valence-electron chi connectivity index (χ2n) is 3.45. The van der Waals surface area contributed by atoms with Gasteiger partial charge in [-0.2, -0.15) is 0 Å². The van der Waals surface area contributed by atoms with Gasteiger partial charge in [0.1, 0.15) is 6.61 Å². The minimum atomic E-state index is 0.672. The molecule has 1 aromatic carbocycles. The van der Waals surface area contributed by atoms with Crippen LogP contribution in [0, 0.1) is 0 Å². The SMILES string of the molecule is Nc1ccc(CCNC2=NCCO2)cc1. The van der Waals surface area contributed by atoms with E-state index in [-0.39, 0.29) is 0 Å². The highest BCUT2D eigenvalue weighted by Crippen LogP contribution is 2.05. The van der Waals surface area contributed by atoms with Gasteiger partial charge in [0.05, 0.1) is 6.54 Å². The number of nitrogens with two attached hydrogens (primary N) is 1. The first-order valence-corrected chi connectivity index (χ1v) is 5.10. The van der Waals surface area contributed by atoms with E-state index in [0.717, 1.165) is 25.2 Å². The Bertz CT molecular complexity index is 345. The summed E-state index contributed by atoms with van der Waals surface area (Å²) < 4.78 is 5.23. The van der Waals surface area contributed by atoms with Crippen LogP contribution in [0.3, 0.4) is 0 Å². The van der Waals surface area contributed by atoms with Crippen LogP contribution in [-0.2, 0) is 11.2 Å². The number of nitrogens with zero attached hydrogens (tertiary/aromatic N) is 1. The first-order valence-electron chi connectivity index (χ1n) is 5.10. The summed E-state index contributed by atoms with van der Waals surface area (Å²) in [5.74, 6) is 0. The molecule has 0 aromatic heterocycles. The van der Waals surface area contributed by atoms with Crippen LogP contribution in [0.15, 0.2) is 29.3 Å². The molecule has 80 valence electrons. The van der Waals surface area contributed by atoms with E-state index in [4.69, 9.17) is 10.5 Å². The van der Waals surface area contributed by atoms with Crippen molar-refractivity contribution < 1.29 is 4.74 Å². The van der Waals surface area contributed by atoms with Gasteiger partial charge >= 0.3 is 0 Å². The zero-order chi connectivity index (χ0) is 10.5. The first-order chi connectivity index (χ1) is 7.34. The summed E-state index contributed by atoms with van der Waals surface area (Å²) in [6, 6.07) is 8.57. The Morgan fingerprint density at radius 1 is 1.33 bits per heavy atom. The molecular formula is C11H15N3O. The average Bonchev–Trinajstić information content (AvgIpc) is 2.74. The Morgan fingerprint density at radius 2 is 2.13 bits per heavy atom. The molecule has 1 aliphatic heterocycles. The highest BCUT2D eigenvalue weighted by atomic mass is 16.5. The number of anilines is 1. The standard InChI is InChI=1S/C11H15N3O/c12-10-3-1-9(2-4-10)5-6-13-11-14-7-8-15-11/h1-4H,5-8,12H2,(H,13,14). The van der Waals surface area contributed by atoms with E-state index < -0.39 is 0 Å². The van der Waals surface area contributed by atoms with Gasteiger partial charge in [-0.15, -0.1) is 0 Å². The average molecular weight is 205 g/mol. The van der Waals surface area contributed by atoms with Gasteiger partial charge < -0.3 is 15.8 Å². The third kappa shape index (κ3) is 2.87. The van der Waals surface area contributed by atoms with E-state index in [1.165, 1.54) is 5.56 Å². The number of nitrogens with one attached hydrogen (secondary N) is 1. The quantitative estimate of drug-likeness (QED) is 0.717. The topological polar surface area (TPSA) is 59.6 Å². The van der Waals surface area contributed by atoms with Crippen molar-refractivity contribution in [2.75, 3.05) is 25.4 Å². The van der Waals surface area contributed by atoms with Crippen molar-refractivity contribution in [3.63, 3.8) is 0 Å². The van der Waals surface area contributed by atoms with Crippen molar-refractivity contribution in [2.45, 2.75) is 6.42 Å². The molecule has 0 saturated heterocycles. The number of benzene rings is 1. The maximum Gasteiger partial charge on any atom is 0.284 e. The van der Waals surface area contributed by atoms with E-state index in [0.29, 0.717) is 12.6 Å². The minimum Gasteiger partial charge on any atom is -0.463 e. The molecule has 15 heavy (non-hydrogen) atoms. The predicted octanol–water partition coefficient (Wildman–Crippen LogP) is 0.787. The summed E-state index contributed by atoms with van der Waals surface area (Å²) in [7, 11) is 0. The van der Waals surface area contributed by atoms with Crippen molar-refractivity contribution in [3.8, 4) is 0 Å². The van der Waals surface area contributed by atoms with E-state index >= 15 is 0 Å². The third-order valence-electron chi connectivity index (χ3n) is 2.26. The van der Waals surface area contributed by atoms with Crippen molar-refractivity contribution in [2.24, 2.45) is 4.99 Å². The molecule has 0 fully saturated rings. The minimum absolute atomic E-state index is 0.672. The van der Waals surface area contributed by atoms with Crippen molar-refractivity contribution in [1.29, 1.82) is 0 Å². The number of amidine groups is 1. The van der Waals surface area contributed by atoms with Crippen LogP contribution in [0.4, 0.5) is 5.69 Å². The Labute approximate surface area is 89.1 Å². The normalized spacial score (nSPS) is 14.5. The largest absolute Gasteiger partial charge is 0.463 e. The third-order valence-corrected chi connectivity index (χ3v) is 2.26. The molecule has 3 N–H and O–H groups in total. The van der Waals surface area contributed by atoms with Gasteiger partial charge in [0.15, 0.2) is 0 Å². The lowest BCUT2D eigenvalue weighted by molar-refractivity contribution is 0.332. The molecule has 0 unspecified atom stereocenters. The molecular weight excluding hydrogens is 190 g/mol. The maximum atomic E-state index is 5.60. The molecule has 0 aliphatic carbocycles. The van der Waals surface area contributed by atoms with E-state index in [1.54, 1.807) is 0 Å². The number of hydrogen-bond donors (Lipinski definition) is 2. The fraction of sp³-hybridized carbons (Fsp3) is 0.364. The second kappa shape index (κ2) is 4.68. The van der Waals surface area contributed by atoms with Gasteiger partial charge in [-0.05, 0) is 24.1 Å². The fourth-order valence-corrected chi connectivity index (χ4v) is 1.44. The van der Waals surface area contributed by atoms with Crippen LogP contribution in [0.2, 0.25) is 0 Å². The highest BCUT2D eigenvalue weighted by Gasteiger charge is 2.04. The molecule has 0 bridgehead atoms. The zero-order valence-electron chi connectivity index (χ0n) is 8.57. The monoisotopic (exact) mass is 205 g/mol. The van der Waals surface area contributed by atoms with E-state index in [1.807, 2.05) is 24.3 Å². The van der Waals surface area contributed by atoms with Crippen molar-refractivity contribution in [1.82, 2.24) is 5.32 Å². The fourth-order valence-electron chi connectivity index (χ4n) is 1.44. The number of aliphatic imine (C=N–C) groups is 1. The molecule has 1 aliphatic rings. The Morgan fingerprint density at radius 3 is 2.80 bits per heavy atom. The lowest BCUT2D eigenvalue weighted by Crippen LogP contribution is -2.25. The number of hydrogen-bond acceptors (Lipinski definition) is 4. The Hall–Kier alpha value is -1.71. The second-order valence-corrected chi connectivity index (χ2v) is 3.45. The van der Waals surface area contributed by atoms with Gasteiger partial charge in [0, 0.05) is 12.2 Å². The zero-order valence-corrected chi connectivity index (χ0v) is 8.57. The summed E-state index contributed by atoms with van der Waals surface area (Å²) in [5.41, 5.74) is 7.66. The van der Waals surface area contributed by atoms with Gasteiger partial charge in [0.2, 0.25) is 0 Å². The Kier molecular flexibility index (Phi) is 3.07. The summed E-state index contributed by atoms with van der Waals surface area (Å²) in [6.45, 7) is 2.30. The summed E-state index contributed by atoms with van der Waals surface area (Å²) >= 11 is 0. The summed E-state index contributed by atoms with van der Waals surface area (Å²) in [6.07, 6.45) is 0.947. The molecule has 2 rings (SSSR count). The van der Waals surface area contributed by atoms with Crippen LogP contribution in [0.1, 0.15) is 5.56 Å². The molecule has 0 atom stereocenters. The van der Waals surface area contributed by atoms with E-state index in [9.17, 15) is 0 Å². The molecule has 0 saturated carbocycles. The van der Waals surface area contributed by atoms with Crippen LogP contribution < -0.4 is 11.1 Å². The van der Waals surface area contributed by atoms with Gasteiger partial charge in [-0.3, -0.25) is 0 Å². The van der Waals surface area contributed by atoms with Crippen molar-refractivity contribution >= 4 is 11.7 Å². The molecule has 0 spiro atoms. The number of rotatable bonds is 3. The van der Waals surface area contributed by atoms with Crippen LogP contribution >= 0.6 is 0 Å². The summed E-state index contributed by atoms with van der Waals surface area (Å²) in [5, 5.41) is 3.14. The van der Waals surface area contributed by atoms with Crippen LogP contribution in [0.25, 0.3) is 0 Å². The number of ether oxygens (including phenoxy) is 1. The molecule has 4 heteroatoms. The van der Waals surface area contributed by atoms with E-state index in [2.05, 4.69) is 10.3 Å². The lowest BCUT2D eigenvalue weighted by Gasteiger charge is -2.05. The van der Waals surface area contributed by atoms with Crippen LogP contribution in [-0.4, -0.2) is 25.7 Å². The maximum absolute atomic E-state index is 5.60. The molecule has 1 heterocycles. The molecule has 4 nitrogen and oxygen atoms in total.